The van der Waals surface area contributed by atoms with Crippen molar-refractivity contribution in [1.82, 2.24) is 14.5 Å². The van der Waals surface area contributed by atoms with Crippen LogP contribution >= 0.6 is 11.8 Å². The van der Waals surface area contributed by atoms with Crippen LogP contribution in [-0.2, 0) is 16.6 Å². The van der Waals surface area contributed by atoms with E-state index in [2.05, 4.69) is 22.3 Å². The molecule has 1 aliphatic heterocycles. The van der Waals surface area contributed by atoms with E-state index in [4.69, 9.17) is 0 Å². The number of carbonyl (C=O) groups is 1. The molecule has 3 aromatic rings. The van der Waals surface area contributed by atoms with Crippen molar-refractivity contribution >= 4 is 27.7 Å². The van der Waals surface area contributed by atoms with Crippen LogP contribution in [0.1, 0.15) is 15.9 Å². The van der Waals surface area contributed by atoms with Gasteiger partial charge in [-0.1, -0.05) is 48.5 Å². The second kappa shape index (κ2) is 11.7. The van der Waals surface area contributed by atoms with E-state index in [0.717, 1.165) is 11.3 Å². The zero-order valence-electron chi connectivity index (χ0n) is 19.0. The minimum atomic E-state index is -3.45. The highest BCUT2D eigenvalue weighted by Gasteiger charge is 2.28. The molecule has 0 aromatic heterocycles. The summed E-state index contributed by atoms with van der Waals surface area (Å²) in [6, 6.07) is 26.4. The van der Waals surface area contributed by atoms with Crippen molar-refractivity contribution in [2.24, 2.45) is 0 Å². The molecule has 4 rings (SSSR count). The van der Waals surface area contributed by atoms with Crippen LogP contribution in [0.5, 0.6) is 0 Å². The van der Waals surface area contributed by atoms with Gasteiger partial charge in [-0.15, -0.1) is 11.8 Å². The van der Waals surface area contributed by atoms with Gasteiger partial charge in [0.2, 0.25) is 10.0 Å². The predicted molar refractivity (Wildman–Crippen MR) is 136 cm³/mol. The second-order valence-electron chi connectivity index (χ2n) is 8.11. The summed E-state index contributed by atoms with van der Waals surface area (Å²) in [4.78, 5) is 16.3. The first-order valence-corrected chi connectivity index (χ1v) is 13.8. The Morgan fingerprint density at radius 2 is 1.53 bits per heavy atom. The first kappa shape index (κ1) is 24.5. The lowest BCUT2D eigenvalue weighted by Crippen LogP contribution is -2.48. The van der Waals surface area contributed by atoms with E-state index in [1.54, 1.807) is 40.3 Å². The lowest BCUT2D eigenvalue weighted by Gasteiger charge is -2.34. The van der Waals surface area contributed by atoms with Gasteiger partial charge in [0.1, 0.15) is 0 Å². The van der Waals surface area contributed by atoms with Gasteiger partial charge in [-0.2, -0.15) is 4.31 Å². The van der Waals surface area contributed by atoms with Crippen LogP contribution in [0.15, 0.2) is 94.7 Å². The highest BCUT2D eigenvalue weighted by molar-refractivity contribution is 7.99. The Morgan fingerprint density at radius 1 is 0.853 bits per heavy atom. The molecule has 1 aliphatic rings. The average molecular weight is 496 g/mol. The maximum absolute atomic E-state index is 12.8. The van der Waals surface area contributed by atoms with Gasteiger partial charge >= 0.3 is 0 Å². The Bertz CT molecular complexity index is 1180. The van der Waals surface area contributed by atoms with Crippen molar-refractivity contribution in [1.29, 1.82) is 0 Å². The highest BCUT2D eigenvalue weighted by Crippen LogP contribution is 2.19. The van der Waals surface area contributed by atoms with Gasteiger partial charge in [-0.25, -0.2) is 8.42 Å². The summed E-state index contributed by atoms with van der Waals surface area (Å²) in [7, 11) is -3.45. The van der Waals surface area contributed by atoms with Crippen molar-refractivity contribution in [2.45, 2.75) is 16.3 Å². The second-order valence-corrected chi connectivity index (χ2v) is 11.2. The van der Waals surface area contributed by atoms with Gasteiger partial charge in [-0.05, 0) is 42.0 Å². The van der Waals surface area contributed by atoms with E-state index in [-0.39, 0.29) is 5.91 Å². The van der Waals surface area contributed by atoms with E-state index in [0.29, 0.717) is 49.7 Å². The molecule has 1 heterocycles. The topological polar surface area (TPSA) is 69.7 Å². The molecule has 0 radical (unpaired) electrons. The lowest BCUT2D eigenvalue weighted by molar-refractivity contribution is 0.0956. The molecule has 8 heteroatoms. The van der Waals surface area contributed by atoms with Gasteiger partial charge in [0.15, 0.2) is 0 Å². The minimum absolute atomic E-state index is 0.0747. The van der Waals surface area contributed by atoms with Crippen LogP contribution in [0, 0.1) is 0 Å². The van der Waals surface area contributed by atoms with Gasteiger partial charge in [0, 0.05) is 55.5 Å². The molecule has 0 unspecified atom stereocenters. The number of carbonyl (C=O) groups excluding carboxylic acids is 1. The third-order valence-corrected chi connectivity index (χ3v) is 8.63. The van der Waals surface area contributed by atoms with Crippen molar-refractivity contribution in [2.75, 3.05) is 38.5 Å². The number of benzene rings is 3. The maximum Gasteiger partial charge on any atom is 0.251 e. The predicted octanol–water partition coefficient (Wildman–Crippen LogP) is 3.72. The number of piperazine rings is 1. The Labute approximate surface area is 206 Å². The number of thioether (sulfide) groups is 1. The molecule has 0 saturated carbocycles. The summed E-state index contributed by atoms with van der Waals surface area (Å²) in [6.07, 6.45) is 0. The molecular weight excluding hydrogens is 466 g/mol. The molecule has 3 aromatic carbocycles. The van der Waals surface area contributed by atoms with Gasteiger partial charge in [0.05, 0.1) is 4.90 Å². The summed E-state index contributed by atoms with van der Waals surface area (Å²) >= 11 is 1.72. The quantitative estimate of drug-likeness (QED) is 0.362. The summed E-state index contributed by atoms with van der Waals surface area (Å²) in [5, 5.41) is 2.99. The summed E-state index contributed by atoms with van der Waals surface area (Å²) in [6.45, 7) is 3.50. The molecule has 178 valence electrons. The molecule has 1 N–H and O–H groups in total. The molecule has 0 spiro atoms. The van der Waals surface area contributed by atoms with Gasteiger partial charge < -0.3 is 5.32 Å². The first-order chi connectivity index (χ1) is 16.5. The van der Waals surface area contributed by atoms with Crippen molar-refractivity contribution in [3.63, 3.8) is 0 Å². The Kier molecular flexibility index (Phi) is 8.39. The van der Waals surface area contributed by atoms with E-state index in [9.17, 15) is 13.2 Å². The fraction of sp³-hybridized carbons (Fsp3) is 0.269. The molecule has 6 nitrogen and oxygen atoms in total. The monoisotopic (exact) mass is 495 g/mol. The van der Waals surface area contributed by atoms with Crippen LogP contribution in [0.3, 0.4) is 0 Å². The first-order valence-electron chi connectivity index (χ1n) is 11.3. The van der Waals surface area contributed by atoms with Gasteiger partial charge in [-0.3, -0.25) is 9.69 Å². The smallest absolute Gasteiger partial charge is 0.251 e. The normalized spacial score (nSPS) is 15.2. The third kappa shape index (κ3) is 6.48. The van der Waals surface area contributed by atoms with Crippen LogP contribution in [0.2, 0.25) is 0 Å². The fourth-order valence-electron chi connectivity index (χ4n) is 3.89. The van der Waals surface area contributed by atoms with Crippen molar-refractivity contribution in [3.05, 3.63) is 96.1 Å². The minimum Gasteiger partial charge on any atom is -0.351 e. The van der Waals surface area contributed by atoms with Crippen LogP contribution < -0.4 is 5.32 Å². The largest absolute Gasteiger partial charge is 0.351 e. The summed E-state index contributed by atoms with van der Waals surface area (Å²) < 4.78 is 27.2. The average Bonchev–Trinajstić information content (AvgIpc) is 2.88. The molecule has 1 amide bonds. The highest BCUT2D eigenvalue weighted by atomic mass is 32.2. The number of sulfonamides is 1. The van der Waals surface area contributed by atoms with E-state index >= 15 is 0 Å². The number of nitrogens with zero attached hydrogens (tertiary/aromatic N) is 2. The number of hydrogen-bond acceptors (Lipinski definition) is 5. The zero-order valence-corrected chi connectivity index (χ0v) is 20.6. The van der Waals surface area contributed by atoms with Gasteiger partial charge in [0.25, 0.3) is 5.91 Å². The summed E-state index contributed by atoms with van der Waals surface area (Å²) in [5.41, 5.74) is 1.69. The number of rotatable bonds is 9. The molecule has 0 aliphatic carbocycles. The molecular formula is C26H29N3O3S2. The standard InChI is InChI=1S/C26H29N3O3S2/c30-26(27-14-19-33-24-10-3-1-4-11-24)23-9-7-8-22(20-23)21-28-15-17-29(18-16-28)34(31,32)25-12-5-2-6-13-25/h1-13,20H,14-19,21H2,(H,27,30). The molecule has 34 heavy (non-hydrogen) atoms. The molecule has 1 fully saturated rings. The van der Waals surface area contributed by atoms with E-state index in [1.807, 2.05) is 48.5 Å². The van der Waals surface area contributed by atoms with E-state index < -0.39 is 10.0 Å². The summed E-state index contributed by atoms with van der Waals surface area (Å²) in [5.74, 6) is 0.736. The van der Waals surface area contributed by atoms with E-state index in [1.165, 1.54) is 4.90 Å². The third-order valence-electron chi connectivity index (χ3n) is 5.71. The number of amides is 1. The lowest BCUT2D eigenvalue weighted by atomic mass is 10.1. The SMILES string of the molecule is O=C(NCCSc1ccccc1)c1cccc(CN2CCN(S(=O)(=O)c3ccccc3)CC2)c1. The number of nitrogens with one attached hydrogen (secondary N) is 1. The Morgan fingerprint density at radius 3 is 2.24 bits per heavy atom. The van der Waals surface area contributed by atoms with Crippen molar-refractivity contribution < 1.29 is 13.2 Å². The zero-order chi connectivity index (χ0) is 23.8. The van der Waals surface area contributed by atoms with Crippen molar-refractivity contribution in [3.8, 4) is 0 Å². The van der Waals surface area contributed by atoms with Crippen LogP contribution in [-0.4, -0.2) is 62.0 Å². The fourth-order valence-corrected chi connectivity index (χ4v) is 6.12. The number of hydrogen-bond donors (Lipinski definition) is 1. The Hall–Kier alpha value is -2.65. The van der Waals surface area contributed by atoms with Crippen LogP contribution in [0.4, 0.5) is 0 Å². The maximum atomic E-state index is 12.8. The Balaban J connectivity index is 1.25. The van der Waals surface area contributed by atoms with Crippen LogP contribution in [0.25, 0.3) is 0 Å². The molecule has 0 bridgehead atoms. The molecule has 1 saturated heterocycles. The molecule has 0 atom stereocenters.